The molecule has 3 nitrogen and oxygen atoms in total. The van der Waals surface area contributed by atoms with Gasteiger partial charge in [0.25, 0.3) is 0 Å². The van der Waals surface area contributed by atoms with Gasteiger partial charge in [0.05, 0.1) is 6.61 Å². The molecule has 2 rings (SSSR count). The van der Waals surface area contributed by atoms with Gasteiger partial charge in [-0.2, -0.15) is 0 Å². The van der Waals surface area contributed by atoms with Gasteiger partial charge in [-0.25, -0.2) is 4.79 Å². The van der Waals surface area contributed by atoms with Crippen molar-refractivity contribution in [3.63, 3.8) is 0 Å². The van der Waals surface area contributed by atoms with Gasteiger partial charge in [0.1, 0.15) is 5.75 Å². The lowest BCUT2D eigenvalue weighted by atomic mass is 9.62. The molecule has 0 unspecified atom stereocenters. The highest BCUT2D eigenvalue weighted by Gasteiger charge is 2.38. The van der Waals surface area contributed by atoms with Crippen molar-refractivity contribution in [1.29, 1.82) is 0 Å². The van der Waals surface area contributed by atoms with E-state index < -0.39 is 5.97 Å². The van der Waals surface area contributed by atoms with Crippen LogP contribution in [0, 0.1) is 5.92 Å². The van der Waals surface area contributed by atoms with Crippen LogP contribution in [0.25, 0.3) is 5.57 Å². The second-order valence-electron chi connectivity index (χ2n) is 10.3. The smallest absolute Gasteiger partial charge is 0.328 e. The largest absolute Gasteiger partial charge is 0.493 e. The molecule has 1 aliphatic rings. The molecule has 164 valence electrons. The van der Waals surface area contributed by atoms with Gasteiger partial charge in [-0.05, 0) is 77.8 Å². The van der Waals surface area contributed by atoms with Crippen LogP contribution >= 0.6 is 0 Å². The fourth-order valence-electron chi connectivity index (χ4n) is 3.95. The molecule has 0 aromatic heterocycles. The Hall–Kier alpha value is -2.29. The molecule has 0 fully saturated rings. The predicted octanol–water partition coefficient (Wildman–Crippen LogP) is 7.06. The average Bonchev–Trinajstić information content (AvgIpc) is 2.62. The predicted molar refractivity (Wildman–Crippen MR) is 126 cm³/mol. The first kappa shape index (κ1) is 24.0. The van der Waals surface area contributed by atoms with Crippen LogP contribution in [0.4, 0.5) is 0 Å². The van der Waals surface area contributed by atoms with Crippen LogP contribution in [0.2, 0.25) is 0 Å². The molecule has 0 aliphatic heterocycles. The molecule has 0 amide bonds. The first-order valence-electron chi connectivity index (χ1n) is 10.9. The summed E-state index contributed by atoms with van der Waals surface area (Å²) in [6.07, 6.45) is 9.30. The van der Waals surface area contributed by atoms with Crippen LogP contribution in [-0.2, 0) is 15.6 Å². The lowest BCUT2D eigenvalue weighted by molar-refractivity contribution is -0.131. The van der Waals surface area contributed by atoms with Crippen LogP contribution < -0.4 is 4.74 Å². The Balaban J connectivity index is 2.54. The number of fused-ring (bicyclic) bond motifs is 1. The second kappa shape index (κ2) is 9.24. The summed E-state index contributed by atoms with van der Waals surface area (Å²) >= 11 is 0. The van der Waals surface area contributed by atoms with Crippen molar-refractivity contribution in [2.24, 2.45) is 5.92 Å². The van der Waals surface area contributed by atoms with E-state index in [4.69, 9.17) is 9.84 Å². The maximum atomic E-state index is 10.8. The van der Waals surface area contributed by atoms with E-state index in [0.717, 1.165) is 16.9 Å². The summed E-state index contributed by atoms with van der Waals surface area (Å²) in [4.78, 5) is 10.8. The minimum absolute atomic E-state index is 0.132. The molecule has 0 saturated carbocycles. The highest BCUT2D eigenvalue weighted by Crippen LogP contribution is 2.48. The van der Waals surface area contributed by atoms with E-state index in [2.05, 4.69) is 60.6 Å². The molecular formula is C27H38O3. The molecule has 1 N–H and O–H groups in total. The number of carboxylic acids is 1. The van der Waals surface area contributed by atoms with Gasteiger partial charge in [-0.15, -0.1) is 0 Å². The summed E-state index contributed by atoms with van der Waals surface area (Å²) in [6, 6.07) is 4.59. The zero-order valence-electron chi connectivity index (χ0n) is 19.9. The fourth-order valence-corrected chi connectivity index (χ4v) is 3.95. The molecule has 1 aliphatic carbocycles. The molecule has 3 heteroatoms. The summed E-state index contributed by atoms with van der Waals surface area (Å²) in [7, 11) is 0. The van der Waals surface area contributed by atoms with Crippen LogP contribution in [0.1, 0.15) is 84.9 Å². The van der Waals surface area contributed by atoms with Crippen LogP contribution in [-0.4, -0.2) is 17.7 Å². The monoisotopic (exact) mass is 410 g/mol. The minimum atomic E-state index is -0.929. The van der Waals surface area contributed by atoms with Gasteiger partial charge in [0, 0.05) is 11.6 Å². The highest BCUT2D eigenvalue weighted by atomic mass is 16.5. The van der Waals surface area contributed by atoms with E-state index in [1.807, 2.05) is 18.2 Å². The number of aliphatic carboxylic acids is 1. The van der Waals surface area contributed by atoms with E-state index in [1.54, 1.807) is 6.92 Å². The molecule has 0 bridgehead atoms. The molecule has 1 aromatic rings. The van der Waals surface area contributed by atoms with Gasteiger partial charge >= 0.3 is 5.97 Å². The van der Waals surface area contributed by atoms with Crippen molar-refractivity contribution < 1.29 is 14.6 Å². The number of carbonyl (C=O) groups is 1. The van der Waals surface area contributed by atoms with Crippen molar-refractivity contribution in [3.05, 3.63) is 58.7 Å². The fraction of sp³-hybridized carbons (Fsp3) is 0.519. The van der Waals surface area contributed by atoms with Gasteiger partial charge < -0.3 is 9.84 Å². The molecule has 1 aromatic carbocycles. The Morgan fingerprint density at radius 3 is 2.20 bits per heavy atom. The zero-order valence-corrected chi connectivity index (χ0v) is 19.9. The number of ether oxygens (including phenoxy) is 1. The van der Waals surface area contributed by atoms with E-state index >= 15 is 0 Å². The Morgan fingerprint density at radius 1 is 1.10 bits per heavy atom. The van der Waals surface area contributed by atoms with E-state index in [-0.39, 0.29) is 10.8 Å². The summed E-state index contributed by atoms with van der Waals surface area (Å²) in [5.74, 6) is 0.459. The Kier molecular flexibility index (Phi) is 7.39. The number of hydrogen-bond donors (Lipinski definition) is 1. The topological polar surface area (TPSA) is 46.5 Å². The number of allylic oxidation sites excluding steroid dienone is 5. The van der Waals surface area contributed by atoms with E-state index in [0.29, 0.717) is 18.1 Å². The third kappa shape index (κ3) is 5.87. The molecule has 0 atom stereocenters. The van der Waals surface area contributed by atoms with Gasteiger partial charge in [0.2, 0.25) is 0 Å². The third-order valence-corrected chi connectivity index (χ3v) is 6.01. The standard InChI is InChI=1S/C27H38O3/c1-18(2)17-30-24-16-23-22(26(5,6)12-13-27(23,7)8)15-21(24)20(4)11-9-10-19(3)14-25(28)29/h9-11,14-16,18H,12-13,17H2,1-8H3,(H,28,29). The maximum absolute atomic E-state index is 10.8. The van der Waals surface area contributed by atoms with E-state index in [9.17, 15) is 4.79 Å². The molecule has 0 radical (unpaired) electrons. The first-order valence-corrected chi connectivity index (χ1v) is 10.9. The molecule has 30 heavy (non-hydrogen) atoms. The third-order valence-electron chi connectivity index (χ3n) is 6.01. The zero-order chi connectivity index (χ0) is 22.7. The number of carboxylic acid groups (broad SMARTS) is 1. The van der Waals surface area contributed by atoms with Crippen LogP contribution in [0.3, 0.4) is 0 Å². The summed E-state index contributed by atoms with van der Waals surface area (Å²) < 4.78 is 6.27. The van der Waals surface area contributed by atoms with Crippen molar-refractivity contribution in [3.8, 4) is 5.75 Å². The average molecular weight is 411 g/mol. The number of rotatable bonds is 7. The SMILES string of the molecule is CC(C=CC=C(C)c1cc2c(cc1OCC(C)C)C(C)(C)CCC2(C)C)=CC(=O)O. The van der Waals surface area contributed by atoms with Crippen molar-refractivity contribution in [2.75, 3.05) is 6.61 Å². The van der Waals surface area contributed by atoms with Crippen molar-refractivity contribution >= 4 is 11.5 Å². The quantitative estimate of drug-likeness (QED) is 0.386. The minimum Gasteiger partial charge on any atom is -0.493 e. The number of benzene rings is 1. The Bertz CT molecular complexity index is 880. The molecule has 0 heterocycles. The Morgan fingerprint density at radius 2 is 1.67 bits per heavy atom. The Labute approximate surface area is 182 Å². The molecule has 0 spiro atoms. The van der Waals surface area contributed by atoms with Gasteiger partial charge in [-0.3, -0.25) is 0 Å². The van der Waals surface area contributed by atoms with Crippen LogP contribution in [0.15, 0.2) is 42.0 Å². The number of hydrogen-bond acceptors (Lipinski definition) is 2. The summed E-state index contributed by atoms with van der Waals surface area (Å²) in [5.41, 5.74) is 5.99. The second-order valence-corrected chi connectivity index (χ2v) is 10.3. The lowest BCUT2D eigenvalue weighted by Gasteiger charge is -2.42. The molecule has 0 saturated heterocycles. The summed E-state index contributed by atoms with van der Waals surface area (Å²) in [6.45, 7) is 18.2. The van der Waals surface area contributed by atoms with Gasteiger partial charge in [-0.1, -0.05) is 59.8 Å². The summed E-state index contributed by atoms with van der Waals surface area (Å²) in [5, 5.41) is 8.87. The van der Waals surface area contributed by atoms with E-state index in [1.165, 1.54) is 30.0 Å². The first-order chi connectivity index (χ1) is 13.8. The highest BCUT2D eigenvalue weighted by molar-refractivity contribution is 5.81. The maximum Gasteiger partial charge on any atom is 0.328 e. The normalized spacial score (nSPS) is 18.6. The van der Waals surface area contributed by atoms with Crippen molar-refractivity contribution in [2.45, 2.75) is 79.1 Å². The van der Waals surface area contributed by atoms with Crippen molar-refractivity contribution in [1.82, 2.24) is 0 Å². The van der Waals surface area contributed by atoms with Crippen LogP contribution in [0.5, 0.6) is 5.75 Å². The molecular weight excluding hydrogens is 372 g/mol. The lowest BCUT2D eigenvalue weighted by Crippen LogP contribution is -2.34. The van der Waals surface area contributed by atoms with Gasteiger partial charge in [0.15, 0.2) is 0 Å².